The number of thiazole rings is 1. The lowest BCUT2D eigenvalue weighted by atomic mass is 10.2. The molecule has 0 fully saturated rings. The number of para-hydroxylation sites is 1. The van der Waals surface area contributed by atoms with E-state index in [1.807, 2.05) is 31.2 Å². The van der Waals surface area contributed by atoms with Crippen molar-refractivity contribution in [3.8, 4) is 5.75 Å². The average molecular weight is 500 g/mol. The van der Waals surface area contributed by atoms with Crippen molar-refractivity contribution in [2.45, 2.75) is 20.0 Å². The summed E-state index contributed by atoms with van der Waals surface area (Å²) in [6.45, 7) is 1.53. The van der Waals surface area contributed by atoms with E-state index in [4.69, 9.17) is 44.3 Å². The van der Waals surface area contributed by atoms with Gasteiger partial charge < -0.3 is 14.8 Å². The SMILES string of the molecule is Cc1ccccc1NC(=O)Cc1nc(COC(=O)COc2cc(Cl)c(Cl)cc2Cl)cs1. The molecular formula is C21H17Cl3N2O4S. The Morgan fingerprint density at radius 3 is 2.61 bits per heavy atom. The molecule has 1 amide bonds. The van der Waals surface area contributed by atoms with Crippen molar-refractivity contribution < 1.29 is 19.1 Å². The number of rotatable bonds is 8. The van der Waals surface area contributed by atoms with Crippen molar-refractivity contribution in [2.75, 3.05) is 11.9 Å². The van der Waals surface area contributed by atoms with Crippen LogP contribution in [0.15, 0.2) is 41.8 Å². The lowest BCUT2D eigenvalue weighted by Gasteiger charge is -2.09. The molecule has 0 unspecified atom stereocenters. The lowest BCUT2D eigenvalue weighted by Crippen LogP contribution is -2.16. The first-order valence-electron chi connectivity index (χ1n) is 9.03. The van der Waals surface area contributed by atoms with Gasteiger partial charge in [-0.3, -0.25) is 4.79 Å². The van der Waals surface area contributed by atoms with Crippen LogP contribution in [0.5, 0.6) is 5.75 Å². The molecule has 0 atom stereocenters. The first-order chi connectivity index (χ1) is 14.8. The quantitative estimate of drug-likeness (QED) is 0.317. The summed E-state index contributed by atoms with van der Waals surface area (Å²) in [5.41, 5.74) is 2.29. The number of hydrogen-bond acceptors (Lipinski definition) is 6. The Morgan fingerprint density at radius 1 is 1.10 bits per heavy atom. The minimum atomic E-state index is -0.603. The standard InChI is InChI=1S/C21H17Cl3N2O4S/c1-12-4-2-3-5-17(12)26-19(27)8-20-25-13(11-31-20)9-30-21(28)10-29-18-7-15(23)14(22)6-16(18)24/h2-7,11H,8-10H2,1H3,(H,26,27). The van der Waals surface area contributed by atoms with Gasteiger partial charge in [-0.1, -0.05) is 53.0 Å². The minimum Gasteiger partial charge on any atom is -0.480 e. The van der Waals surface area contributed by atoms with E-state index in [0.29, 0.717) is 10.7 Å². The van der Waals surface area contributed by atoms with Gasteiger partial charge in [0.2, 0.25) is 5.91 Å². The molecular weight excluding hydrogens is 483 g/mol. The Bertz CT molecular complexity index is 1100. The zero-order chi connectivity index (χ0) is 22.4. The molecule has 0 aliphatic heterocycles. The Hall–Kier alpha value is -2.32. The molecule has 1 N–H and O–H groups in total. The van der Waals surface area contributed by atoms with Gasteiger partial charge >= 0.3 is 5.97 Å². The van der Waals surface area contributed by atoms with Gasteiger partial charge in [-0.15, -0.1) is 11.3 Å². The summed E-state index contributed by atoms with van der Waals surface area (Å²) >= 11 is 19.1. The van der Waals surface area contributed by atoms with Crippen LogP contribution in [-0.4, -0.2) is 23.5 Å². The normalized spacial score (nSPS) is 10.6. The molecule has 0 aliphatic rings. The van der Waals surface area contributed by atoms with Crippen molar-refractivity contribution in [1.82, 2.24) is 4.98 Å². The van der Waals surface area contributed by atoms with E-state index < -0.39 is 5.97 Å². The monoisotopic (exact) mass is 498 g/mol. The Labute approximate surface area is 198 Å². The van der Waals surface area contributed by atoms with Crippen LogP contribution in [0.2, 0.25) is 15.1 Å². The summed E-state index contributed by atoms with van der Waals surface area (Å²) in [6, 6.07) is 10.4. The van der Waals surface area contributed by atoms with Crippen LogP contribution < -0.4 is 10.1 Å². The Morgan fingerprint density at radius 2 is 1.84 bits per heavy atom. The number of amides is 1. The van der Waals surface area contributed by atoms with Crippen LogP contribution in [0.25, 0.3) is 0 Å². The van der Waals surface area contributed by atoms with Crippen LogP contribution in [0.4, 0.5) is 5.69 Å². The molecule has 31 heavy (non-hydrogen) atoms. The maximum atomic E-state index is 12.2. The van der Waals surface area contributed by atoms with Crippen molar-refractivity contribution in [1.29, 1.82) is 0 Å². The topological polar surface area (TPSA) is 77.5 Å². The maximum absolute atomic E-state index is 12.2. The Balaban J connectivity index is 1.45. The molecule has 0 saturated carbocycles. The van der Waals surface area contributed by atoms with Gasteiger partial charge in [0.1, 0.15) is 17.4 Å². The predicted molar refractivity (Wildman–Crippen MR) is 122 cm³/mol. The summed E-state index contributed by atoms with van der Waals surface area (Å²) in [5, 5.41) is 6.00. The molecule has 6 nitrogen and oxygen atoms in total. The molecule has 3 rings (SSSR count). The fourth-order valence-corrected chi connectivity index (χ4v) is 3.86. The van der Waals surface area contributed by atoms with E-state index in [1.54, 1.807) is 5.38 Å². The number of benzene rings is 2. The molecule has 1 heterocycles. The third-order valence-corrected chi connectivity index (χ3v) is 5.95. The summed E-state index contributed by atoms with van der Waals surface area (Å²) in [4.78, 5) is 28.5. The summed E-state index contributed by atoms with van der Waals surface area (Å²) < 4.78 is 10.5. The average Bonchev–Trinajstić information content (AvgIpc) is 3.17. The van der Waals surface area contributed by atoms with Crippen molar-refractivity contribution in [3.05, 3.63) is 73.1 Å². The first-order valence-corrected chi connectivity index (χ1v) is 11.0. The highest BCUT2D eigenvalue weighted by molar-refractivity contribution is 7.09. The van der Waals surface area contributed by atoms with Crippen molar-refractivity contribution in [3.63, 3.8) is 0 Å². The minimum absolute atomic E-state index is 0.0345. The van der Waals surface area contributed by atoms with Gasteiger partial charge in [-0.25, -0.2) is 9.78 Å². The molecule has 0 spiro atoms. The number of hydrogen-bond donors (Lipinski definition) is 1. The summed E-state index contributed by atoms with van der Waals surface area (Å²) in [6.07, 6.45) is 0.131. The summed E-state index contributed by atoms with van der Waals surface area (Å²) in [5.74, 6) is -0.545. The molecule has 3 aromatic rings. The van der Waals surface area contributed by atoms with Crippen LogP contribution >= 0.6 is 46.1 Å². The molecule has 0 saturated heterocycles. The van der Waals surface area contributed by atoms with E-state index in [1.165, 1.54) is 23.5 Å². The number of aryl methyl sites for hydroxylation is 1. The summed E-state index contributed by atoms with van der Waals surface area (Å²) in [7, 11) is 0. The molecule has 2 aromatic carbocycles. The van der Waals surface area contributed by atoms with Crippen molar-refractivity contribution in [2.24, 2.45) is 0 Å². The van der Waals surface area contributed by atoms with E-state index >= 15 is 0 Å². The number of halogens is 3. The number of anilines is 1. The molecule has 1 aromatic heterocycles. The second-order valence-electron chi connectivity index (χ2n) is 6.42. The van der Waals surface area contributed by atoms with Gasteiger partial charge in [0, 0.05) is 17.1 Å². The molecule has 0 radical (unpaired) electrons. The number of ether oxygens (including phenoxy) is 2. The zero-order valence-corrected chi connectivity index (χ0v) is 19.4. The van der Waals surface area contributed by atoms with Gasteiger partial charge in [-0.05, 0) is 24.6 Å². The van der Waals surface area contributed by atoms with Gasteiger partial charge in [-0.2, -0.15) is 0 Å². The second kappa shape index (κ2) is 10.8. The largest absolute Gasteiger partial charge is 0.480 e. The van der Waals surface area contributed by atoms with Crippen LogP contribution in [0.3, 0.4) is 0 Å². The zero-order valence-electron chi connectivity index (χ0n) is 16.3. The van der Waals surface area contributed by atoms with Crippen molar-refractivity contribution >= 4 is 63.7 Å². The Kier molecular flexibility index (Phi) is 8.15. The van der Waals surface area contributed by atoms with Gasteiger partial charge in [0.15, 0.2) is 6.61 Å². The smallest absolute Gasteiger partial charge is 0.344 e. The first kappa shape index (κ1) is 23.3. The maximum Gasteiger partial charge on any atom is 0.344 e. The fraction of sp³-hybridized carbons (Fsp3) is 0.190. The predicted octanol–water partition coefficient (Wildman–Crippen LogP) is 5.72. The number of nitrogens with zero attached hydrogens (tertiary/aromatic N) is 1. The number of carbonyl (C=O) groups is 2. The van der Waals surface area contributed by atoms with E-state index in [2.05, 4.69) is 10.3 Å². The molecule has 0 aliphatic carbocycles. The lowest BCUT2D eigenvalue weighted by molar-refractivity contribution is -0.147. The van der Waals surface area contributed by atoms with Crippen LogP contribution in [-0.2, 0) is 27.4 Å². The third-order valence-electron chi connectivity index (χ3n) is 4.03. The molecule has 10 heteroatoms. The number of carbonyl (C=O) groups excluding carboxylic acids is 2. The number of nitrogens with one attached hydrogen (secondary N) is 1. The fourth-order valence-electron chi connectivity index (χ4n) is 2.49. The van der Waals surface area contributed by atoms with Crippen LogP contribution in [0.1, 0.15) is 16.3 Å². The highest BCUT2D eigenvalue weighted by Crippen LogP contribution is 2.33. The van der Waals surface area contributed by atoms with E-state index in [0.717, 1.165) is 11.3 Å². The number of aromatic nitrogens is 1. The van der Waals surface area contributed by atoms with E-state index in [9.17, 15) is 9.59 Å². The van der Waals surface area contributed by atoms with Gasteiger partial charge in [0.25, 0.3) is 0 Å². The third kappa shape index (κ3) is 6.83. The van der Waals surface area contributed by atoms with Gasteiger partial charge in [0.05, 0.1) is 27.2 Å². The van der Waals surface area contributed by atoms with E-state index in [-0.39, 0.29) is 46.4 Å². The molecule has 162 valence electrons. The molecule has 0 bridgehead atoms. The number of esters is 1. The van der Waals surface area contributed by atoms with Crippen LogP contribution in [0, 0.1) is 6.92 Å². The highest BCUT2D eigenvalue weighted by Gasteiger charge is 2.13. The highest BCUT2D eigenvalue weighted by atomic mass is 35.5. The second-order valence-corrected chi connectivity index (χ2v) is 8.58.